The van der Waals surface area contributed by atoms with Crippen molar-refractivity contribution >= 4 is 23.6 Å². The number of hydrogen-bond donors (Lipinski definition) is 2. The van der Waals surface area contributed by atoms with Gasteiger partial charge in [0.1, 0.15) is 0 Å². The third-order valence-electron chi connectivity index (χ3n) is 2.83. The zero-order valence-corrected chi connectivity index (χ0v) is 12.1. The first kappa shape index (κ1) is 16.3. The Kier molecular flexibility index (Phi) is 7.85. The van der Waals surface area contributed by atoms with Crippen molar-refractivity contribution in [3.63, 3.8) is 0 Å². The van der Waals surface area contributed by atoms with Crippen molar-refractivity contribution in [3.05, 3.63) is 0 Å². The summed E-state index contributed by atoms with van der Waals surface area (Å²) in [6.45, 7) is 4.57. The van der Waals surface area contributed by atoms with E-state index in [1.807, 2.05) is 6.92 Å². The van der Waals surface area contributed by atoms with Gasteiger partial charge in [-0.25, -0.2) is 0 Å². The average molecular weight is 290 g/mol. The Hall–Kier alpha value is -0.790. The van der Waals surface area contributed by atoms with Crippen LogP contribution in [-0.4, -0.2) is 72.3 Å². The van der Waals surface area contributed by atoms with Gasteiger partial charge in [0.15, 0.2) is 0 Å². The maximum atomic E-state index is 11.8. The summed E-state index contributed by atoms with van der Waals surface area (Å²) >= 11 is 1.30. The van der Waals surface area contributed by atoms with Gasteiger partial charge in [-0.1, -0.05) is 6.92 Å². The van der Waals surface area contributed by atoms with E-state index in [9.17, 15) is 14.7 Å². The normalized spacial score (nSPS) is 17.1. The molecule has 0 aromatic rings. The summed E-state index contributed by atoms with van der Waals surface area (Å²) in [4.78, 5) is 25.0. The van der Waals surface area contributed by atoms with Crippen LogP contribution in [-0.2, 0) is 14.3 Å². The Labute approximate surface area is 117 Å². The molecule has 0 aromatic heterocycles. The zero-order valence-electron chi connectivity index (χ0n) is 11.3. The Morgan fingerprint density at radius 3 is 2.68 bits per heavy atom. The van der Waals surface area contributed by atoms with E-state index in [0.29, 0.717) is 38.5 Å². The SMILES string of the molecule is CCC(O)CNC(=O)CSCC(=O)N1CCOCC1. The van der Waals surface area contributed by atoms with Crippen LogP contribution in [0.2, 0.25) is 0 Å². The number of amides is 2. The number of rotatable bonds is 7. The van der Waals surface area contributed by atoms with Gasteiger partial charge < -0.3 is 20.1 Å². The molecule has 1 saturated heterocycles. The summed E-state index contributed by atoms with van der Waals surface area (Å²) in [6.07, 6.45) is 0.118. The van der Waals surface area contributed by atoms with E-state index in [0.717, 1.165) is 0 Å². The first-order valence-electron chi connectivity index (χ1n) is 6.51. The van der Waals surface area contributed by atoms with Crippen molar-refractivity contribution in [3.8, 4) is 0 Å². The fourth-order valence-corrected chi connectivity index (χ4v) is 2.31. The Bertz CT molecular complexity index is 295. The summed E-state index contributed by atoms with van der Waals surface area (Å²) in [7, 11) is 0. The van der Waals surface area contributed by atoms with Crippen molar-refractivity contribution in [2.45, 2.75) is 19.4 Å². The van der Waals surface area contributed by atoms with Gasteiger partial charge in [-0.3, -0.25) is 9.59 Å². The third-order valence-corrected chi connectivity index (χ3v) is 3.75. The topological polar surface area (TPSA) is 78.9 Å². The van der Waals surface area contributed by atoms with Gasteiger partial charge in [0, 0.05) is 19.6 Å². The lowest BCUT2D eigenvalue weighted by Gasteiger charge is -2.26. The van der Waals surface area contributed by atoms with Crippen LogP contribution in [0.5, 0.6) is 0 Å². The predicted molar refractivity (Wildman–Crippen MR) is 74.0 cm³/mol. The lowest BCUT2D eigenvalue weighted by Crippen LogP contribution is -2.41. The molecule has 1 aliphatic rings. The van der Waals surface area contributed by atoms with Crippen molar-refractivity contribution in [1.82, 2.24) is 10.2 Å². The largest absolute Gasteiger partial charge is 0.391 e. The molecule has 2 amide bonds. The minimum atomic E-state index is -0.496. The molecule has 0 spiro atoms. The molecule has 1 fully saturated rings. The van der Waals surface area contributed by atoms with E-state index in [-0.39, 0.29) is 24.1 Å². The molecule has 2 N–H and O–H groups in total. The second-order valence-corrected chi connectivity index (χ2v) is 5.34. The average Bonchev–Trinajstić information content (AvgIpc) is 2.45. The third kappa shape index (κ3) is 6.79. The zero-order chi connectivity index (χ0) is 14.1. The molecule has 0 aromatic carbocycles. The van der Waals surface area contributed by atoms with Crippen LogP contribution < -0.4 is 5.32 Å². The highest BCUT2D eigenvalue weighted by Gasteiger charge is 2.16. The number of aliphatic hydroxyl groups excluding tert-OH is 1. The van der Waals surface area contributed by atoms with Gasteiger partial charge >= 0.3 is 0 Å². The molecule has 1 heterocycles. The highest BCUT2D eigenvalue weighted by molar-refractivity contribution is 8.00. The molecule has 0 radical (unpaired) electrons. The Morgan fingerprint density at radius 1 is 1.37 bits per heavy atom. The van der Waals surface area contributed by atoms with E-state index < -0.39 is 6.10 Å². The van der Waals surface area contributed by atoms with Gasteiger partial charge in [-0.05, 0) is 6.42 Å². The van der Waals surface area contributed by atoms with Gasteiger partial charge in [0.05, 0.1) is 30.8 Å². The van der Waals surface area contributed by atoms with Crippen molar-refractivity contribution in [2.75, 3.05) is 44.4 Å². The van der Waals surface area contributed by atoms with Crippen LogP contribution in [0.15, 0.2) is 0 Å². The molecule has 1 aliphatic heterocycles. The highest BCUT2D eigenvalue weighted by atomic mass is 32.2. The van der Waals surface area contributed by atoms with Gasteiger partial charge in [0.2, 0.25) is 11.8 Å². The second kappa shape index (κ2) is 9.17. The molecule has 7 heteroatoms. The maximum Gasteiger partial charge on any atom is 0.232 e. The summed E-state index contributed by atoms with van der Waals surface area (Å²) in [5, 5.41) is 11.9. The smallest absolute Gasteiger partial charge is 0.232 e. The molecule has 110 valence electrons. The minimum Gasteiger partial charge on any atom is -0.391 e. The number of nitrogens with one attached hydrogen (secondary N) is 1. The molecule has 0 aliphatic carbocycles. The molecule has 6 nitrogen and oxygen atoms in total. The fraction of sp³-hybridized carbons (Fsp3) is 0.833. The maximum absolute atomic E-state index is 11.8. The Balaban J connectivity index is 2.08. The standard InChI is InChI=1S/C12H22N2O4S/c1-2-10(15)7-13-11(16)8-19-9-12(17)14-3-5-18-6-4-14/h10,15H,2-9H2,1H3,(H,13,16). The van der Waals surface area contributed by atoms with Crippen LogP contribution in [0.1, 0.15) is 13.3 Å². The highest BCUT2D eigenvalue weighted by Crippen LogP contribution is 2.05. The van der Waals surface area contributed by atoms with Crippen LogP contribution in [0.25, 0.3) is 0 Å². The number of nitrogens with zero attached hydrogens (tertiary/aromatic N) is 1. The number of aliphatic hydroxyl groups is 1. The molecule has 0 bridgehead atoms. The van der Waals surface area contributed by atoms with Gasteiger partial charge in [0.25, 0.3) is 0 Å². The number of carbonyl (C=O) groups excluding carboxylic acids is 2. The molecule has 19 heavy (non-hydrogen) atoms. The number of ether oxygens (including phenoxy) is 1. The van der Waals surface area contributed by atoms with E-state index in [4.69, 9.17) is 4.74 Å². The monoisotopic (exact) mass is 290 g/mol. The molecular weight excluding hydrogens is 268 g/mol. The van der Waals surface area contributed by atoms with Crippen LogP contribution in [0.3, 0.4) is 0 Å². The first-order valence-corrected chi connectivity index (χ1v) is 7.67. The molecule has 0 saturated carbocycles. The van der Waals surface area contributed by atoms with E-state index >= 15 is 0 Å². The number of morpholine rings is 1. The van der Waals surface area contributed by atoms with E-state index in [1.54, 1.807) is 4.90 Å². The summed E-state index contributed by atoms with van der Waals surface area (Å²) in [5.74, 6) is 0.456. The van der Waals surface area contributed by atoms with Crippen LogP contribution in [0, 0.1) is 0 Å². The van der Waals surface area contributed by atoms with Crippen molar-refractivity contribution < 1.29 is 19.4 Å². The number of thioether (sulfide) groups is 1. The minimum absolute atomic E-state index is 0.0506. The Morgan fingerprint density at radius 2 is 2.05 bits per heavy atom. The molecule has 1 rings (SSSR count). The van der Waals surface area contributed by atoms with Crippen LogP contribution in [0.4, 0.5) is 0 Å². The molecule has 1 unspecified atom stereocenters. The first-order chi connectivity index (χ1) is 9.13. The summed E-state index contributed by atoms with van der Waals surface area (Å²) in [6, 6.07) is 0. The van der Waals surface area contributed by atoms with E-state index in [2.05, 4.69) is 5.32 Å². The summed E-state index contributed by atoms with van der Waals surface area (Å²) in [5.41, 5.74) is 0. The number of hydrogen-bond acceptors (Lipinski definition) is 5. The van der Waals surface area contributed by atoms with Gasteiger partial charge in [-0.15, -0.1) is 11.8 Å². The lowest BCUT2D eigenvalue weighted by molar-refractivity contribution is -0.132. The fourth-order valence-electron chi connectivity index (χ4n) is 1.56. The van der Waals surface area contributed by atoms with Gasteiger partial charge in [-0.2, -0.15) is 0 Å². The lowest BCUT2D eigenvalue weighted by atomic mass is 10.3. The quantitative estimate of drug-likeness (QED) is 0.659. The van der Waals surface area contributed by atoms with Crippen LogP contribution >= 0.6 is 11.8 Å². The molecule has 1 atom stereocenters. The molecular formula is C12H22N2O4S. The number of carbonyl (C=O) groups is 2. The summed E-state index contributed by atoms with van der Waals surface area (Å²) < 4.78 is 5.17. The van der Waals surface area contributed by atoms with E-state index in [1.165, 1.54) is 11.8 Å². The van der Waals surface area contributed by atoms with Crippen molar-refractivity contribution in [2.24, 2.45) is 0 Å². The predicted octanol–water partition coefficient (Wildman–Crippen LogP) is -0.534. The van der Waals surface area contributed by atoms with Crippen molar-refractivity contribution in [1.29, 1.82) is 0 Å². The second-order valence-electron chi connectivity index (χ2n) is 4.35.